The van der Waals surface area contributed by atoms with Gasteiger partial charge in [0.1, 0.15) is 5.54 Å². The van der Waals surface area contributed by atoms with Gasteiger partial charge in [-0.1, -0.05) is 0 Å². The van der Waals surface area contributed by atoms with E-state index in [1.807, 2.05) is 0 Å². The maximum absolute atomic E-state index is 12.0. The van der Waals surface area contributed by atoms with Crippen LogP contribution >= 0.6 is 0 Å². The van der Waals surface area contributed by atoms with E-state index in [2.05, 4.69) is 10.4 Å². The van der Waals surface area contributed by atoms with Crippen LogP contribution in [-0.4, -0.2) is 43.9 Å². The summed E-state index contributed by atoms with van der Waals surface area (Å²) in [6.07, 6.45) is 2.87. The highest BCUT2D eigenvalue weighted by Crippen LogP contribution is 2.29. The molecular formula is C11H16N4O3. The van der Waals surface area contributed by atoms with Crippen molar-refractivity contribution in [1.29, 1.82) is 0 Å². The molecule has 0 saturated carbocycles. The highest BCUT2D eigenvalue weighted by molar-refractivity contribution is 5.93. The van der Waals surface area contributed by atoms with Gasteiger partial charge < -0.3 is 10.0 Å². The smallest absolute Gasteiger partial charge is 0.329 e. The van der Waals surface area contributed by atoms with Crippen molar-refractivity contribution >= 4 is 17.8 Å². The molecule has 1 saturated heterocycles. The number of aromatic nitrogens is 2. The molecule has 1 aromatic heterocycles. The molecule has 7 nitrogen and oxygen atoms in total. The monoisotopic (exact) mass is 252 g/mol. The number of anilines is 1. The van der Waals surface area contributed by atoms with E-state index in [1.54, 1.807) is 30.9 Å². The third kappa shape index (κ3) is 2.03. The Morgan fingerprint density at radius 3 is 2.83 bits per heavy atom. The second-order valence-electron chi connectivity index (χ2n) is 4.64. The molecule has 0 bridgehead atoms. The summed E-state index contributed by atoms with van der Waals surface area (Å²) in [5.41, 5.74) is -1.13. The minimum absolute atomic E-state index is 0.419. The van der Waals surface area contributed by atoms with E-state index in [1.165, 1.54) is 4.90 Å². The summed E-state index contributed by atoms with van der Waals surface area (Å²) >= 11 is 0. The molecular weight excluding hydrogens is 236 g/mol. The van der Waals surface area contributed by atoms with Crippen LogP contribution in [0.4, 0.5) is 10.6 Å². The Balaban J connectivity index is 2.11. The number of nitrogens with one attached hydrogen (secondary N) is 1. The average molecular weight is 252 g/mol. The molecule has 0 aromatic carbocycles. The standard InChI is InChI=1S/C11H16N4O3/c1-11(9(16)17)5-3-6-15(11)10(18)12-8-4-7-14(2)13-8/h4,7H,3,5-6H2,1-2H3,(H,16,17)(H,12,13,18). The number of hydrogen-bond acceptors (Lipinski definition) is 3. The molecule has 2 heterocycles. The van der Waals surface area contributed by atoms with Crippen molar-refractivity contribution in [2.24, 2.45) is 7.05 Å². The van der Waals surface area contributed by atoms with Crippen molar-refractivity contribution in [3.8, 4) is 0 Å². The number of carbonyl (C=O) groups is 2. The number of aryl methyl sites for hydroxylation is 1. The first-order valence-electron chi connectivity index (χ1n) is 5.75. The van der Waals surface area contributed by atoms with Crippen LogP contribution in [0.5, 0.6) is 0 Å². The van der Waals surface area contributed by atoms with E-state index in [9.17, 15) is 14.7 Å². The normalized spacial score (nSPS) is 23.1. The number of likely N-dealkylation sites (tertiary alicyclic amines) is 1. The maximum atomic E-state index is 12.0. The van der Waals surface area contributed by atoms with Gasteiger partial charge in [0.2, 0.25) is 0 Å². The van der Waals surface area contributed by atoms with Crippen molar-refractivity contribution in [2.45, 2.75) is 25.3 Å². The number of rotatable bonds is 2. The Labute approximate surface area is 104 Å². The molecule has 98 valence electrons. The van der Waals surface area contributed by atoms with Crippen LogP contribution in [0, 0.1) is 0 Å². The summed E-state index contributed by atoms with van der Waals surface area (Å²) in [6.45, 7) is 2.02. The third-order valence-corrected chi connectivity index (χ3v) is 3.30. The number of aliphatic carboxylic acids is 1. The lowest BCUT2D eigenvalue weighted by atomic mass is 10.00. The van der Waals surface area contributed by atoms with Crippen LogP contribution in [0.1, 0.15) is 19.8 Å². The number of amides is 2. The summed E-state index contributed by atoms with van der Waals surface area (Å²) in [7, 11) is 1.74. The molecule has 1 aliphatic rings. The summed E-state index contributed by atoms with van der Waals surface area (Å²) in [5, 5.41) is 15.9. The first kappa shape index (κ1) is 12.4. The zero-order valence-electron chi connectivity index (χ0n) is 10.4. The zero-order valence-corrected chi connectivity index (χ0v) is 10.4. The van der Waals surface area contributed by atoms with Gasteiger partial charge in [-0.2, -0.15) is 5.10 Å². The fourth-order valence-electron chi connectivity index (χ4n) is 2.17. The minimum Gasteiger partial charge on any atom is -0.480 e. The van der Waals surface area contributed by atoms with Crippen LogP contribution in [0.2, 0.25) is 0 Å². The van der Waals surface area contributed by atoms with Crippen LogP contribution in [0.25, 0.3) is 0 Å². The van der Waals surface area contributed by atoms with Crippen LogP contribution in [0.15, 0.2) is 12.3 Å². The number of carbonyl (C=O) groups excluding carboxylic acids is 1. The first-order valence-corrected chi connectivity index (χ1v) is 5.75. The largest absolute Gasteiger partial charge is 0.480 e. The molecule has 1 aliphatic heterocycles. The highest BCUT2D eigenvalue weighted by Gasteiger charge is 2.46. The molecule has 1 atom stereocenters. The summed E-state index contributed by atoms with van der Waals surface area (Å²) in [5.74, 6) is -0.557. The van der Waals surface area contributed by atoms with Gasteiger partial charge in [0.25, 0.3) is 0 Å². The molecule has 2 N–H and O–H groups in total. The molecule has 2 rings (SSSR count). The maximum Gasteiger partial charge on any atom is 0.329 e. The van der Waals surface area contributed by atoms with Gasteiger partial charge in [-0.15, -0.1) is 0 Å². The lowest BCUT2D eigenvalue weighted by Gasteiger charge is -2.30. The van der Waals surface area contributed by atoms with Gasteiger partial charge in [0.05, 0.1) is 0 Å². The number of nitrogens with zero attached hydrogens (tertiary/aromatic N) is 3. The third-order valence-electron chi connectivity index (χ3n) is 3.30. The number of hydrogen-bond donors (Lipinski definition) is 2. The lowest BCUT2D eigenvalue weighted by Crippen LogP contribution is -2.52. The van der Waals surface area contributed by atoms with Crippen molar-refractivity contribution in [1.82, 2.24) is 14.7 Å². The van der Waals surface area contributed by atoms with Crippen LogP contribution in [0.3, 0.4) is 0 Å². The molecule has 7 heteroatoms. The Morgan fingerprint density at radius 1 is 1.56 bits per heavy atom. The van der Waals surface area contributed by atoms with Gasteiger partial charge in [-0.05, 0) is 19.8 Å². The SMILES string of the molecule is Cn1ccc(NC(=O)N2CCCC2(C)C(=O)O)n1. The molecule has 1 fully saturated rings. The van der Waals surface area contributed by atoms with Crippen molar-refractivity contribution in [2.75, 3.05) is 11.9 Å². The molecule has 18 heavy (non-hydrogen) atoms. The highest BCUT2D eigenvalue weighted by atomic mass is 16.4. The van der Waals surface area contributed by atoms with Crippen molar-refractivity contribution in [3.05, 3.63) is 12.3 Å². The van der Waals surface area contributed by atoms with Gasteiger partial charge in [0, 0.05) is 25.9 Å². The van der Waals surface area contributed by atoms with Crippen LogP contribution < -0.4 is 5.32 Å². The molecule has 0 radical (unpaired) electrons. The summed E-state index contributed by atoms with van der Waals surface area (Å²) in [6, 6.07) is 1.24. The second-order valence-corrected chi connectivity index (χ2v) is 4.64. The Bertz CT molecular complexity index is 484. The number of urea groups is 1. The second kappa shape index (κ2) is 4.32. The van der Waals surface area contributed by atoms with E-state index in [0.29, 0.717) is 25.2 Å². The van der Waals surface area contributed by atoms with E-state index >= 15 is 0 Å². The van der Waals surface area contributed by atoms with Crippen molar-refractivity contribution < 1.29 is 14.7 Å². The molecule has 0 aliphatic carbocycles. The van der Waals surface area contributed by atoms with E-state index in [4.69, 9.17) is 0 Å². The van der Waals surface area contributed by atoms with Crippen LogP contribution in [-0.2, 0) is 11.8 Å². The molecule has 0 spiro atoms. The Hall–Kier alpha value is -2.05. The predicted molar refractivity (Wildman–Crippen MR) is 64.2 cm³/mol. The molecule has 1 aromatic rings. The molecule has 2 amide bonds. The predicted octanol–water partition coefficient (Wildman–Crippen LogP) is 0.891. The number of carboxylic acid groups (broad SMARTS) is 1. The lowest BCUT2D eigenvalue weighted by molar-refractivity contribution is -0.146. The minimum atomic E-state index is -1.13. The van der Waals surface area contributed by atoms with Gasteiger partial charge in [-0.3, -0.25) is 10.00 Å². The van der Waals surface area contributed by atoms with E-state index < -0.39 is 17.5 Å². The topological polar surface area (TPSA) is 87.5 Å². The Morgan fingerprint density at radius 2 is 2.28 bits per heavy atom. The van der Waals surface area contributed by atoms with Gasteiger partial charge >= 0.3 is 12.0 Å². The summed E-state index contributed by atoms with van der Waals surface area (Å²) in [4.78, 5) is 24.7. The van der Waals surface area contributed by atoms with E-state index in [0.717, 1.165) is 0 Å². The summed E-state index contributed by atoms with van der Waals surface area (Å²) < 4.78 is 1.57. The number of carboxylic acids is 1. The molecule has 1 unspecified atom stereocenters. The van der Waals surface area contributed by atoms with E-state index in [-0.39, 0.29) is 0 Å². The first-order chi connectivity index (χ1) is 8.43. The average Bonchev–Trinajstić information content (AvgIpc) is 2.86. The van der Waals surface area contributed by atoms with Gasteiger partial charge in [0.15, 0.2) is 5.82 Å². The zero-order chi connectivity index (χ0) is 13.3. The fraction of sp³-hybridized carbons (Fsp3) is 0.545. The fourth-order valence-corrected chi connectivity index (χ4v) is 2.17. The van der Waals surface area contributed by atoms with Crippen molar-refractivity contribution in [3.63, 3.8) is 0 Å². The quantitative estimate of drug-likeness (QED) is 0.818. The Kier molecular flexibility index (Phi) is 2.98. The van der Waals surface area contributed by atoms with Gasteiger partial charge in [-0.25, -0.2) is 9.59 Å².